The third kappa shape index (κ3) is 10.6. The van der Waals surface area contributed by atoms with Gasteiger partial charge in [0.1, 0.15) is 0 Å². The van der Waals surface area contributed by atoms with Gasteiger partial charge in [-0.2, -0.15) is 0 Å². The average Bonchev–Trinajstić information content (AvgIpc) is 3.08. The van der Waals surface area contributed by atoms with Crippen molar-refractivity contribution in [2.24, 2.45) is 0 Å². The molecule has 0 fully saturated rings. The minimum absolute atomic E-state index is 1.10. The van der Waals surface area contributed by atoms with Gasteiger partial charge in [-0.05, 0) is 0 Å². The number of allylic oxidation sites excluding steroid dienone is 4. The van der Waals surface area contributed by atoms with E-state index in [1.807, 2.05) is 0 Å². The van der Waals surface area contributed by atoms with E-state index in [0.29, 0.717) is 0 Å². The van der Waals surface area contributed by atoms with Crippen LogP contribution in [0.4, 0.5) is 0 Å². The Morgan fingerprint density at radius 1 is 0.333 bits per heavy atom. The van der Waals surface area contributed by atoms with E-state index in [-0.39, 0.29) is 0 Å². The summed E-state index contributed by atoms with van der Waals surface area (Å²) in [5, 5.41) is 0. The fourth-order valence-corrected chi connectivity index (χ4v) is 45.6. The van der Waals surface area contributed by atoms with Crippen molar-refractivity contribution in [3.05, 3.63) is 170 Å². The molecule has 0 spiro atoms. The first-order valence-corrected chi connectivity index (χ1v) is 39.1. The fraction of sp³-hybridized carbons (Fsp3) is 0.0952. The molecular formula is C42H40Bi2S4. The van der Waals surface area contributed by atoms with Gasteiger partial charge in [-0.25, -0.2) is 0 Å². The quantitative estimate of drug-likeness (QED) is 0.102. The van der Waals surface area contributed by atoms with Gasteiger partial charge in [-0.3, -0.25) is 0 Å². The first-order valence-electron chi connectivity index (χ1n) is 15.5. The molecule has 0 aliphatic carbocycles. The molecule has 48 heavy (non-hydrogen) atoms. The summed E-state index contributed by atoms with van der Waals surface area (Å²) in [6.45, 7) is 24.8. The Hall–Kier alpha value is -1.77. The molecule has 0 saturated heterocycles. The zero-order chi connectivity index (χ0) is 34.2. The van der Waals surface area contributed by atoms with Crippen molar-refractivity contribution in [3.8, 4) is 0 Å². The summed E-state index contributed by atoms with van der Waals surface area (Å²) in [4.78, 5) is 5.36. The van der Waals surface area contributed by atoms with Crippen molar-refractivity contribution >= 4 is 101 Å². The van der Waals surface area contributed by atoms with Crippen LogP contribution < -0.4 is 6.54 Å². The zero-order valence-corrected chi connectivity index (χ0v) is 38.1. The van der Waals surface area contributed by atoms with E-state index in [9.17, 15) is 0 Å². The molecule has 0 unspecified atom stereocenters. The van der Waals surface area contributed by atoms with Crippen LogP contribution in [-0.2, 0) is 0 Å². The van der Waals surface area contributed by atoms with E-state index >= 15 is 0 Å². The Labute approximate surface area is 314 Å². The minimum atomic E-state index is -2.39. The summed E-state index contributed by atoms with van der Waals surface area (Å²) >= 11 is -4.77. The Morgan fingerprint density at radius 3 is 0.688 bits per heavy atom. The van der Waals surface area contributed by atoms with E-state index in [1.165, 1.54) is 48.4 Å². The number of benzene rings is 5. The van der Waals surface area contributed by atoms with Gasteiger partial charge < -0.3 is 0 Å². The van der Waals surface area contributed by atoms with Crippen molar-refractivity contribution in [2.45, 2.75) is 47.3 Å². The molecule has 0 atom stereocenters. The maximum absolute atomic E-state index is 4.13. The second kappa shape index (κ2) is 17.9. The van der Waals surface area contributed by atoms with Crippen LogP contribution in [0, 0.1) is 0 Å². The van der Waals surface area contributed by atoms with Gasteiger partial charge in [-0.1, -0.05) is 0 Å². The van der Waals surface area contributed by atoms with Crippen LogP contribution in [0.25, 0.3) is 22.3 Å². The van der Waals surface area contributed by atoms with Gasteiger partial charge in [0, 0.05) is 0 Å². The first kappa shape index (κ1) is 37.5. The monoisotopic (exact) mass is 1090 g/mol. The number of rotatable bonds is 14. The molecule has 0 nitrogen and oxygen atoms in total. The van der Waals surface area contributed by atoms with Crippen LogP contribution in [0.15, 0.2) is 167 Å². The molecule has 5 rings (SSSR count). The number of hydrogen-bond donors (Lipinski definition) is 0. The molecule has 6 heteroatoms. The van der Waals surface area contributed by atoms with Crippen LogP contribution in [0.5, 0.6) is 0 Å². The van der Waals surface area contributed by atoms with Crippen molar-refractivity contribution in [1.82, 2.24) is 0 Å². The van der Waals surface area contributed by atoms with Crippen LogP contribution >= 0.6 is 34.1 Å². The molecule has 242 valence electrons. The molecular weight excluding hydrogens is 1050 g/mol. The van der Waals surface area contributed by atoms with Gasteiger partial charge in [-0.15, -0.1) is 0 Å². The number of hydrogen-bond acceptors (Lipinski definition) is 4. The Kier molecular flexibility index (Phi) is 14.0. The Balaban J connectivity index is 1.44. The standard InChI is InChI=1S/4C9H10S.C6H4.2Bi/c4*1-7(2)8-3-5-9(10)6-4-8;1-2-4-6-5-3-1;;/h4*3-6,10H,1H2,2H3;1-2,5-6H;;/q;;;;;2*+2/p-4. The molecule has 0 amide bonds. The Morgan fingerprint density at radius 2 is 0.521 bits per heavy atom. The summed E-state index contributed by atoms with van der Waals surface area (Å²) in [6, 6.07) is 45.7. The van der Waals surface area contributed by atoms with Gasteiger partial charge in [0.05, 0.1) is 0 Å². The second-order valence-electron chi connectivity index (χ2n) is 11.6. The molecule has 0 aliphatic rings. The predicted molar refractivity (Wildman–Crippen MR) is 225 cm³/mol. The molecule has 0 bridgehead atoms. The molecule has 0 aromatic heterocycles. The molecule has 0 radical (unpaired) electrons. The van der Waals surface area contributed by atoms with Crippen molar-refractivity contribution in [3.63, 3.8) is 0 Å². The van der Waals surface area contributed by atoms with Crippen molar-refractivity contribution in [1.29, 1.82) is 0 Å². The van der Waals surface area contributed by atoms with Gasteiger partial charge in [0.2, 0.25) is 0 Å². The topological polar surface area (TPSA) is 0 Å². The molecule has 0 N–H and O–H groups in total. The van der Waals surface area contributed by atoms with Crippen molar-refractivity contribution < 1.29 is 0 Å². The predicted octanol–water partition coefficient (Wildman–Crippen LogP) is 12.4. The average molecular weight is 1090 g/mol. The summed E-state index contributed by atoms with van der Waals surface area (Å²) in [7, 11) is 8.42. The summed E-state index contributed by atoms with van der Waals surface area (Å²) in [6.07, 6.45) is 0. The third-order valence-corrected chi connectivity index (χ3v) is 48.4. The van der Waals surface area contributed by atoms with Crippen molar-refractivity contribution in [2.75, 3.05) is 0 Å². The molecule has 0 saturated carbocycles. The molecule has 5 aromatic rings. The zero-order valence-electron chi connectivity index (χ0n) is 27.9. The van der Waals surface area contributed by atoms with E-state index < -0.39 is 37.6 Å². The Bertz CT molecular complexity index is 1630. The maximum atomic E-state index is 4.13. The molecule has 5 aromatic carbocycles. The third-order valence-electron chi connectivity index (χ3n) is 7.41. The fourth-order valence-electron chi connectivity index (χ4n) is 4.53. The van der Waals surface area contributed by atoms with Crippen LogP contribution in [0.2, 0.25) is 0 Å². The SMILES string of the molecule is C=C(C)c1ccc([S][Bi]([S]c2ccc(C(=C)C)cc2)[c]2cc[c]([Bi]([S]c3ccc(C(=C)C)cc3)[S]c3ccc(C(=C)C)cc3)cc2)cc1. The molecule has 0 heterocycles. The summed E-state index contributed by atoms with van der Waals surface area (Å²) in [5.41, 5.74) is 9.22. The van der Waals surface area contributed by atoms with E-state index in [2.05, 4.69) is 209 Å². The van der Waals surface area contributed by atoms with E-state index in [0.717, 1.165) is 22.3 Å². The van der Waals surface area contributed by atoms with Gasteiger partial charge in [0.15, 0.2) is 0 Å². The van der Waals surface area contributed by atoms with Crippen LogP contribution in [0.3, 0.4) is 0 Å². The normalized spacial score (nSPS) is 11.1. The summed E-state index contributed by atoms with van der Waals surface area (Å²) in [5.74, 6) is 0. The molecule has 0 aliphatic heterocycles. The summed E-state index contributed by atoms with van der Waals surface area (Å²) < 4.78 is 3.04. The first-order chi connectivity index (χ1) is 23.0. The van der Waals surface area contributed by atoms with Gasteiger partial charge in [0.25, 0.3) is 0 Å². The van der Waals surface area contributed by atoms with Crippen LogP contribution in [-0.4, -0.2) is 37.6 Å². The van der Waals surface area contributed by atoms with E-state index in [1.54, 1.807) is 0 Å². The van der Waals surface area contributed by atoms with Gasteiger partial charge >= 0.3 is 318 Å². The van der Waals surface area contributed by atoms with Crippen LogP contribution in [0.1, 0.15) is 49.9 Å². The van der Waals surface area contributed by atoms with E-state index in [4.69, 9.17) is 0 Å². The second-order valence-corrected chi connectivity index (χ2v) is 47.6.